The van der Waals surface area contributed by atoms with Crippen LogP contribution in [-0.4, -0.2) is 34.2 Å². The molecule has 1 aliphatic rings. The Morgan fingerprint density at radius 3 is 3.00 bits per heavy atom. The van der Waals surface area contributed by atoms with E-state index in [1.54, 1.807) is 0 Å². The minimum absolute atomic E-state index is 0.0123. The Bertz CT molecular complexity index is 472. The first-order valence-corrected chi connectivity index (χ1v) is 8.48. The van der Waals surface area contributed by atoms with E-state index in [1.807, 2.05) is 4.90 Å². The zero-order chi connectivity index (χ0) is 15.9. The number of carbonyl (C=O) groups is 1. The Labute approximate surface area is 132 Å². The summed E-state index contributed by atoms with van der Waals surface area (Å²) in [6, 6.07) is -0.0921. The van der Waals surface area contributed by atoms with E-state index in [9.17, 15) is 4.79 Å². The van der Waals surface area contributed by atoms with Crippen molar-refractivity contribution in [1.82, 2.24) is 20.4 Å². The molecule has 1 fully saturated rings. The van der Waals surface area contributed by atoms with E-state index >= 15 is 0 Å². The zero-order valence-electron chi connectivity index (χ0n) is 14.0. The number of urea groups is 1. The molecule has 1 aromatic heterocycles. The fourth-order valence-electron chi connectivity index (χ4n) is 2.76. The molecule has 1 aromatic rings. The molecule has 1 saturated heterocycles. The molecule has 2 rings (SSSR count). The maximum Gasteiger partial charge on any atom is 0.318 e. The lowest BCUT2D eigenvalue weighted by Gasteiger charge is -2.33. The zero-order valence-corrected chi connectivity index (χ0v) is 14.0. The molecule has 1 atom stereocenters. The van der Waals surface area contributed by atoms with E-state index in [0.29, 0.717) is 11.8 Å². The summed E-state index contributed by atoms with van der Waals surface area (Å²) in [5.74, 6) is 1.81. The molecule has 1 N–H and O–H groups in total. The second-order valence-electron chi connectivity index (χ2n) is 6.44. The molecule has 6 heteroatoms. The first-order chi connectivity index (χ1) is 10.6. The number of unbranched alkanes of at least 4 members (excludes halogenated alkanes) is 1. The number of hydrogen-bond acceptors (Lipinski definition) is 4. The van der Waals surface area contributed by atoms with E-state index in [-0.39, 0.29) is 12.1 Å². The predicted octanol–water partition coefficient (Wildman–Crippen LogP) is 3.30. The highest BCUT2D eigenvalue weighted by Crippen LogP contribution is 2.30. The van der Waals surface area contributed by atoms with Crippen LogP contribution in [0.5, 0.6) is 0 Å². The molecular weight excluding hydrogens is 280 g/mol. The predicted molar refractivity (Wildman–Crippen MR) is 84.4 cm³/mol. The van der Waals surface area contributed by atoms with Gasteiger partial charge in [-0.25, -0.2) is 4.79 Å². The van der Waals surface area contributed by atoms with Crippen LogP contribution < -0.4 is 5.32 Å². The molecule has 0 radical (unpaired) electrons. The summed E-state index contributed by atoms with van der Waals surface area (Å²) in [6.07, 6.45) is 5.90. The number of nitrogens with zero attached hydrogens (tertiary/aromatic N) is 3. The summed E-state index contributed by atoms with van der Waals surface area (Å²) in [4.78, 5) is 18.7. The van der Waals surface area contributed by atoms with Crippen molar-refractivity contribution in [2.45, 2.75) is 65.3 Å². The Morgan fingerprint density at radius 1 is 1.45 bits per heavy atom. The van der Waals surface area contributed by atoms with Gasteiger partial charge in [0.05, 0.1) is 0 Å². The molecule has 6 nitrogen and oxygen atoms in total. The van der Waals surface area contributed by atoms with Gasteiger partial charge in [0, 0.05) is 19.5 Å². The summed E-state index contributed by atoms with van der Waals surface area (Å²) >= 11 is 0. The maximum absolute atomic E-state index is 12.4. The number of aromatic nitrogens is 2. The molecule has 22 heavy (non-hydrogen) atoms. The van der Waals surface area contributed by atoms with E-state index < -0.39 is 0 Å². The molecule has 0 saturated carbocycles. The van der Waals surface area contributed by atoms with Crippen molar-refractivity contribution in [2.24, 2.45) is 5.92 Å². The minimum Gasteiger partial charge on any atom is -0.338 e. The average Bonchev–Trinajstić information content (AvgIpc) is 2.95. The largest absolute Gasteiger partial charge is 0.338 e. The number of hydrogen-bond donors (Lipinski definition) is 1. The standard InChI is InChI=1S/C16H28N4O2/c1-4-5-9-17-16(21)20-10-7-6-8-13(20)15-18-14(19-22-15)11-12(2)3/h12-13H,4-11H2,1-3H3,(H,17,21)/t13-/m0/s1. The van der Waals surface area contributed by atoms with E-state index in [0.717, 1.165) is 57.4 Å². The van der Waals surface area contributed by atoms with Crippen molar-refractivity contribution in [3.63, 3.8) is 0 Å². The smallest absolute Gasteiger partial charge is 0.318 e. The third kappa shape index (κ3) is 4.45. The van der Waals surface area contributed by atoms with Crippen molar-refractivity contribution in [3.05, 3.63) is 11.7 Å². The van der Waals surface area contributed by atoms with Gasteiger partial charge in [-0.05, 0) is 31.6 Å². The van der Waals surface area contributed by atoms with Gasteiger partial charge in [0.1, 0.15) is 6.04 Å². The van der Waals surface area contributed by atoms with Gasteiger partial charge in [0.2, 0.25) is 5.89 Å². The van der Waals surface area contributed by atoms with Gasteiger partial charge < -0.3 is 14.7 Å². The van der Waals surface area contributed by atoms with Crippen LogP contribution in [0.15, 0.2) is 4.52 Å². The molecule has 2 heterocycles. The number of piperidine rings is 1. The highest BCUT2D eigenvalue weighted by molar-refractivity contribution is 5.74. The second-order valence-corrected chi connectivity index (χ2v) is 6.44. The summed E-state index contributed by atoms with van der Waals surface area (Å²) < 4.78 is 5.43. The molecule has 0 unspecified atom stereocenters. The highest BCUT2D eigenvalue weighted by atomic mass is 16.5. The van der Waals surface area contributed by atoms with Crippen LogP contribution in [0.3, 0.4) is 0 Å². The fourth-order valence-corrected chi connectivity index (χ4v) is 2.76. The van der Waals surface area contributed by atoms with Crippen molar-refractivity contribution in [1.29, 1.82) is 0 Å². The third-order valence-corrected chi connectivity index (χ3v) is 3.93. The Balaban J connectivity index is 2.02. The number of nitrogens with one attached hydrogen (secondary N) is 1. The average molecular weight is 308 g/mol. The van der Waals surface area contributed by atoms with Gasteiger partial charge >= 0.3 is 6.03 Å². The van der Waals surface area contributed by atoms with E-state index in [4.69, 9.17) is 4.52 Å². The number of likely N-dealkylation sites (tertiary alicyclic amines) is 1. The molecule has 0 aliphatic carbocycles. The lowest BCUT2D eigenvalue weighted by atomic mass is 10.0. The minimum atomic E-state index is -0.0798. The summed E-state index contributed by atoms with van der Waals surface area (Å²) in [7, 11) is 0. The number of rotatable bonds is 6. The summed E-state index contributed by atoms with van der Waals surface area (Å²) in [6.45, 7) is 7.85. The summed E-state index contributed by atoms with van der Waals surface area (Å²) in [5, 5.41) is 7.05. The lowest BCUT2D eigenvalue weighted by molar-refractivity contribution is 0.132. The van der Waals surface area contributed by atoms with E-state index in [1.165, 1.54) is 0 Å². The van der Waals surface area contributed by atoms with Crippen LogP contribution in [0.2, 0.25) is 0 Å². The second kappa shape index (κ2) is 8.15. The van der Waals surface area contributed by atoms with Crippen LogP contribution in [0.1, 0.15) is 70.6 Å². The van der Waals surface area contributed by atoms with Crippen LogP contribution in [0.4, 0.5) is 4.79 Å². The van der Waals surface area contributed by atoms with Gasteiger partial charge in [-0.15, -0.1) is 0 Å². The number of carbonyl (C=O) groups excluding carboxylic acids is 1. The van der Waals surface area contributed by atoms with Crippen molar-refractivity contribution in [2.75, 3.05) is 13.1 Å². The first-order valence-electron chi connectivity index (χ1n) is 8.48. The van der Waals surface area contributed by atoms with Crippen LogP contribution in [0, 0.1) is 5.92 Å². The van der Waals surface area contributed by atoms with Crippen LogP contribution in [-0.2, 0) is 6.42 Å². The SMILES string of the molecule is CCCCNC(=O)N1CCCC[C@H]1c1nc(CC(C)C)no1. The maximum atomic E-state index is 12.4. The van der Waals surface area contributed by atoms with Gasteiger partial charge in [-0.1, -0.05) is 32.3 Å². The van der Waals surface area contributed by atoms with Crippen molar-refractivity contribution in [3.8, 4) is 0 Å². The molecule has 0 spiro atoms. The third-order valence-electron chi connectivity index (χ3n) is 3.93. The Morgan fingerprint density at radius 2 is 2.27 bits per heavy atom. The molecule has 2 amide bonds. The fraction of sp³-hybridized carbons (Fsp3) is 0.812. The van der Waals surface area contributed by atoms with Crippen LogP contribution in [0.25, 0.3) is 0 Å². The molecule has 0 aromatic carbocycles. The molecule has 1 aliphatic heterocycles. The first kappa shape index (κ1) is 16.8. The van der Waals surface area contributed by atoms with Crippen molar-refractivity contribution < 1.29 is 9.32 Å². The Kier molecular flexibility index (Phi) is 6.21. The molecule has 124 valence electrons. The lowest BCUT2D eigenvalue weighted by Crippen LogP contribution is -2.45. The molecular formula is C16H28N4O2. The number of amides is 2. The van der Waals surface area contributed by atoms with Gasteiger partial charge in [0.15, 0.2) is 5.82 Å². The highest BCUT2D eigenvalue weighted by Gasteiger charge is 2.32. The topological polar surface area (TPSA) is 71.3 Å². The van der Waals surface area contributed by atoms with E-state index in [2.05, 4.69) is 36.2 Å². The Hall–Kier alpha value is -1.59. The normalized spacial score (nSPS) is 18.7. The van der Waals surface area contributed by atoms with Gasteiger partial charge in [0.25, 0.3) is 0 Å². The van der Waals surface area contributed by atoms with Gasteiger partial charge in [-0.3, -0.25) is 0 Å². The molecule has 0 bridgehead atoms. The van der Waals surface area contributed by atoms with Gasteiger partial charge in [-0.2, -0.15) is 4.98 Å². The monoisotopic (exact) mass is 308 g/mol. The van der Waals surface area contributed by atoms with Crippen molar-refractivity contribution >= 4 is 6.03 Å². The quantitative estimate of drug-likeness (QED) is 0.818. The summed E-state index contributed by atoms with van der Waals surface area (Å²) in [5.41, 5.74) is 0. The van der Waals surface area contributed by atoms with Crippen LogP contribution >= 0.6 is 0 Å².